The molecule has 0 aliphatic carbocycles. The van der Waals surface area contributed by atoms with E-state index in [9.17, 15) is 4.79 Å². The molecule has 0 fully saturated rings. The summed E-state index contributed by atoms with van der Waals surface area (Å²) in [5, 5.41) is 5.19. The number of hydrogen-bond donors (Lipinski definition) is 1. The van der Waals surface area contributed by atoms with Crippen molar-refractivity contribution in [3.05, 3.63) is 57.8 Å². The van der Waals surface area contributed by atoms with Gasteiger partial charge in [0.25, 0.3) is 5.91 Å². The van der Waals surface area contributed by atoms with Crippen molar-refractivity contribution in [1.29, 1.82) is 0 Å². The lowest BCUT2D eigenvalue weighted by Gasteiger charge is -1.96. The summed E-state index contributed by atoms with van der Waals surface area (Å²) in [6, 6.07) is 9.39. The third-order valence-corrected chi connectivity index (χ3v) is 4.55. The third kappa shape index (κ3) is 2.84. The maximum absolute atomic E-state index is 12.1. The van der Waals surface area contributed by atoms with Crippen LogP contribution in [0, 0.1) is 6.92 Å². The molecule has 2 aromatic heterocycles. The van der Waals surface area contributed by atoms with E-state index in [1.165, 1.54) is 23.8 Å². The quantitative estimate of drug-likeness (QED) is 0.580. The molecule has 0 aliphatic heterocycles. The van der Waals surface area contributed by atoms with Gasteiger partial charge in [-0.25, -0.2) is 5.43 Å². The summed E-state index contributed by atoms with van der Waals surface area (Å²) in [5.41, 5.74) is 3.58. The fourth-order valence-electron chi connectivity index (χ4n) is 1.89. The van der Waals surface area contributed by atoms with Crippen LogP contribution in [0.3, 0.4) is 0 Å². The van der Waals surface area contributed by atoms with Gasteiger partial charge in [-0.2, -0.15) is 5.10 Å². The Morgan fingerprint density at radius 2 is 2.29 bits per heavy atom. The van der Waals surface area contributed by atoms with Gasteiger partial charge in [0.2, 0.25) is 0 Å². The Morgan fingerprint density at radius 3 is 3.05 bits per heavy atom. The molecule has 0 aliphatic rings. The molecule has 1 aromatic carbocycles. The predicted octanol–water partition coefficient (Wildman–Crippen LogP) is 4.22. The maximum atomic E-state index is 12.1. The minimum absolute atomic E-state index is 0.332. The van der Waals surface area contributed by atoms with Gasteiger partial charge in [-0.1, -0.05) is 23.7 Å². The van der Waals surface area contributed by atoms with E-state index in [-0.39, 0.29) is 5.91 Å². The molecule has 1 amide bonds. The largest absolute Gasteiger partial charge is 0.463 e. The lowest BCUT2D eigenvalue weighted by molar-refractivity contribution is 0.0959. The van der Waals surface area contributed by atoms with Gasteiger partial charge < -0.3 is 4.42 Å². The second-order valence-corrected chi connectivity index (χ2v) is 5.89. The summed E-state index contributed by atoms with van der Waals surface area (Å²) in [5.74, 6) is 0.232. The molecule has 6 heteroatoms. The molecule has 0 spiro atoms. The van der Waals surface area contributed by atoms with Gasteiger partial charge in [0.1, 0.15) is 10.6 Å². The highest BCUT2D eigenvalue weighted by Crippen LogP contribution is 2.35. The van der Waals surface area contributed by atoms with Crippen LogP contribution in [-0.2, 0) is 0 Å². The maximum Gasteiger partial charge on any atom is 0.283 e. The molecule has 0 saturated heterocycles. The Bertz CT molecular complexity index is 822. The highest BCUT2D eigenvalue weighted by Gasteiger charge is 2.16. The van der Waals surface area contributed by atoms with Crippen molar-refractivity contribution in [3.8, 4) is 0 Å². The monoisotopic (exact) mass is 318 g/mol. The Balaban J connectivity index is 1.83. The lowest BCUT2D eigenvalue weighted by Crippen LogP contribution is -2.16. The third-order valence-electron chi connectivity index (χ3n) is 2.89. The summed E-state index contributed by atoms with van der Waals surface area (Å²) < 4.78 is 6.07. The molecule has 2 heterocycles. The fraction of sp³-hybridized carbons (Fsp3) is 0.0667. The van der Waals surface area contributed by atoms with Crippen LogP contribution in [0.4, 0.5) is 0 Å². The summed E-state index contributed by atoms with van der Waals surface area (Å²) in [4.78, 5) is 12.6. The smallest absolute Gasteiger partial charge is 0.283 e. The molecule has 0 bridgehead atoms. The molecule has 0 unspecified atom stereocenters. The van der Waals surface area contributed by atoms with Crippen LogP contribution in [0.5, 0.6) is 0 Å². The molecule has 106 valence electrons. The van der Waals surface area contributed by atoms with Crippen LogP contribution in [0.1, 0.15) is 21.0 Å². The van der Waals surface area contributed by atoms with E-state index in [4.69, 9.17) is 16.0 Å². The predicted molar refractivity (Wildman–Crippen MR) is 85.3 cm³/mol. The van der Waals surface area contributed by atoms with E-state index in [0.717, 1.165) is 15.6 Å². The van der Waals surface area contributed by atoms with Crippen LogP contribution in [0.15, 0.2) is 46.1 Å². The SMILES string of the molecule is Cc1ccc2c(Cl)c(C(=O)N/N=C/c3ccco3)sc2c1. The summed E-state index contributed by atoms with van der Waals surface area (Å²) in [7, 11) is 0. The van der Waals surface area contributed by atoms with Crippen molar-refractivity contribution in [3.63, 3.8) is 0 Å². The first-order chi connectivity index (χ1) is 10.1. The number of fused-ring (bicyclic) bond motifs is 1. The molecule has 0 atom stereocenters. The molecular weight excluding hydrogens is 308 g/mol. The zero-order valence-electron chi connectivity index (χ0n) is 11.1. The second-order valence-electron chi connectivity index (χ2n) is 4.46. The van der Waals surface area contributed by atoms with Gasteiger partial charge in [-0.05, 0) is 30.7 Å². The molecular formula is C15H11ClN2O2S. The second kappa shape index (κ2) is 5.71. The number of halogens is 1. The number of hydrogen-bond acceptors (Lipinski definition) is 4. The fourth-order valence-corrected chi connectivity index (χ4v) is 3.39. The number of nitrogens with one attached hydrogen (secondary N) is 1. The Morgan fingerprint density at radius 1 is 1.43 bits per heavy atom. The van der Waals surface area contributed by atoms with Crippen LogP contribution in [-0.4, -0.2) is 12.1 Å². The van der Waals surface area contributed by atoms with Crippen molar-refractivity contribution in [2.24, 2.45) is 5.10 Å². The van der Waals surface area contributed by atoms with Gasteiger partial charge in [0.15, 0.2) is 0 Å². The first kappa shape index (κ1) is 13.9. The first-order valence-corrected chi connectivity index (χ1v) is 7.40. The van der Waals surface area contributed by atoms with Crippen LogP contribution in [0.25, 0.3) is 10.1 Å². The minimum atomic E-state index is -0.332. The van der Waals surface area contributed by atoms with E-state index in [1.54, 1.807) is 12.1 Å². The van der Waals surface area contributed by atoms with E-state index >= 15 is 0 Å². The topological polar surface area (TPSA) is 54.6 Å². The Labute approximate surface area is 130 Å². The van der Waals surface area contributed by atoms with Crippen molar-refractivity contribution in [2.75, 3.05) is 0 Å². The van der Waals surface area contributed by atoms with Crippen molar-refractivity contribution >= 4 is 45.1 Å². The van der Waals surface area contributed by atoms with Gasteiger partial charge in [-0.3, -0.25) is 4.79 Å². The van der Waals surface area contributed by atoms with Crippen molar-refractivity contribution in [1.82, 2.24) is 5.43 Å². The standard InChI is InChI=1S/C15H11ClN2O2S/c1-9-4-5-11-12(7-9)21-14(13(11)16)15(19)18-17-8-10-3-2-6-20-10/h2-8H,1H3,(H,18,19)/b17-8+. The van der Waals surface area contributed by atoms with Crippen LogP contribution < -0.4 is 5.43 Å². The molecule has 1 N–H and O–H groups in total. The van der Waals surface area contributed by atoms with Gasteiger partial charge >= 0.3 is 0 Å². The van der Waals surface area contributed by atoms with Crippen LogP contribution >= 0.6 is 22.9 Å². The highest BCUT2D eigenvalue weighted by molar-refractivity contribution is 7.21. The summed E-state index contributed by atoms with van der Waals surface area (Å²) in [6.07, 6.45) is 2.97. The molecule has 0 saturated carbocycles. The molecule has 21 heavy (non-hydrogen) atoms. The van der Waals surface area contributed by atoms with E-state index < -0.39 is 0 Å². The number of benzene rings is 1. The summed E-state index contributed by atoms with van der Waals surface area (Å²) >= 11 is 7.61. The first-order valence-electron chi connectivity index (χ1n) is 6.21. The van der Waals surface area contributed by atoms with Crippen molar-refractivity contribution < 1.29 is 9.21 Å². The van der Waals surface area contributed by atoms with E-state index in [0.29, 0.717) is 15.7 Å². The van der Waals surface area contributed by atoms with Crippen molar-refractivity contribution in [2.45, 2.75) is 6.92 Å². The molecule has 0 radical (unpaired) electrons. The number of nitrogens with zero attached hydrogens (tertiary/aromatic N) is 1. The zero-order valence-corrected chi connectivity index (χ0v) is 12.7. The van der Waals surface area contributed by atoms with Gasteiger partial charge in [0.05, 0.1) is 17.5 Å². The zero-order chi connectivity index (χ0) is 14.8. The van der Waals surface area contributed by atoms with Crippen LogP contribution in [0.2, 0.25) is 5.02 Å². The number of aryl methyl sites for hydroxylation is 1. The van der Waals surface area contributed by atoms with E-state index in [2.05, 4.69) is 10.5 Å². The van der Waals surface area contributed by atoms with Gasteiger partial charge in [0, 0.05) is 10.1 Å². The number of hydrazone groups is 1. The molecule has 3 aromatic rings. The number of carbonyl (C=O) groups excluding carboxylic acids is 1. The normalized spacial score (nSPS) is 11.3. The highest BCUT2D eigenvalue weighted by atomic mass is 35.5. The molecule has 3 rings (SSSR count). The average molecular weight is 319 g/mol. The number of thiophene rings is 1. The summed E-state index contributed by atoms with van der Waals surface area (Å²) in [6.45, 7) is 2.00. The minimum Gasteiger partial charge on any atom is -0.463 e. The number of carbonyl (C=O) groups is 1. The average Bonchev–Trinajstić information content (AvgIpc) is 3.07. The number of rotatable bonds is 3. The Hall–Kier alpha value is -2.11. The Kier molecular flexibility index (Phi) is 3.77. The molecule has 4 nitrogen and oxygen atoms in total. The van der Waals surface area contributed by atoms with Gasteiger partial charge in [-0.15, -0.1) is 11.3 Å². The van der Waals surface area contributed by atoms with E-state index in [1.807, 2.05) is 25.1 Å². The lowest BCUT2D eigenvalue weighted by atomic mass is 10.2. The number of furan rings is 1. The number of amides is 1.